The first-order valence-electron chi connectivity index (χ1n) is 7.32. The zero-order valence-electron chi connectivity index (χ0n) is 12.4. The summed E-state index contributed by atoms with van der Waals surface area (Å²) in [4.78, 5) is 14.0. The molecule has 0 unspecified atom stereocenters. The van der Waals surface area contributed by atoms with Crippen molar-refractivity contribution in [2.75, 3.05) is 25.0 Å². The third-order valence-electron chi connectivity index (χ3n) is 3.87. The Morgan fingerprint density at radius 3 is 2.85 bits per heavy atom. The van der Waals surface area contributed by atoms with E-state index in [1.807, 2.05) is 38.1 Å². The van der Waals surface area contributed by atoms with E-state index in [-0.39, 0.29) is 5.91 Å². The first kappa shape index (κ1) is 15.0. The predicted octanol–water partition coefficient (Wildman–Crippen LogP) is 2.17. The second-order valence-electron chi connectivity index (χ2n) is 5.81. The summed E-state index contributed by atoms with van der Waals surface area (Å²) in [5.74, 6) is 0.0573. The van der Waals surface area contributed by atoms with E-state index in [2.05, 4.69) is 10.2 Å². The van der Waals surface area contributed by atoms with E-state index in [4.69, 9.17) is 0 Å². The standard InChI is InChI=1S/C16H24N2O2/c1-3-16(20)11-18(12-16)9-5-8-15(19)17-14-7-4-6-13(2)10-14/h4,6-7,10,20H,3,5,8-9,11-12H2,1-2H3,(H,17,19). The van der Waals surface area contributed by atoms with Crippen LogP contribution in [0.5, 0.6) is 0 Å². The second kappa shape index (κ2) is 6.37. The highest BCUT2D eigenvalue weighted by atomic mass is 16.3. The fourth-order valence-corrected chi connectivity index (χ4v) is 2.58. The van der Waals surface area contributed by atoms with Gasteiger partial charge in [0.1, 0.15) is 0 Å². The summed E-state index contributed by atoms with van der Waals surface area (Å²) >= 11 is 0. The van der Waals surface area contributed by atoms with Crippen LogP contribution in [0, 0.1) is 6.92 Å². The summed E-state index contributed by atoms with van der Waals surface area (Å²) < 4.78 is 0. The van der Waals surface area contributed by atoms with Crippen molar-refractivity contribution in [3.63, 3.8) is 0 Å². The summed E-state index contributed by atoms with van der Waals surface area (Å²) in [6.45, 7) is 6.37. The maximum absolute atomic E-state index is 11.8. The van der Waals surface area contributed by atoms with Gasteiger partial charge in [-0.3, -0.25) is 9.69 Å². The van der Waals surface area contributed by atoms with Crippen LogP contribution in [0.1, 0.15) is 31.7 Å². The number of hydrogen-bond donors (Lipinski definition) is 2. The first-order chi connectivity index (χ1) is 9.50. The molecule has 2 rings (SSSR count). The van der Waals surface area contributed by atoms with Crippen molar-refractivity contribution in [1.29, 1.82) is 0 Å². The average Bonchev–Trinajstić information content (AvgIpc) is 2.36. The maximum Gasteiger partial charge on any atom is 0.224 e. The number of nitrogens with one attached hydrogen (secondary N) is 1. The molecule has 1 fully saturated rings. The van der Waals surface area contributed by atoms with E-state index < -0.39 is 5.60 Å². The van der Waals surface area contributed by atoms with Gasteiger partial charge in [0.05, 0.1) is 5.60 Å². The molecule has 1 heterocycles. The predicted molar refractivity (Wildman–Crippen MR) is 80.7 cm³/mol. The fraction of sp³-hybridized carbons (Fsp3) is 0.562. The Balaban J connectivity index is 1.64. The van der Waals surface area contributed by atoms with Gasteiger partial charge >= 0.3 is 0 Å². The largest absolute Gasteiger partial charge is 0.387 e. The first-order valence-corrected chi connectivity index (χ1v) is 7.32. The van der Waals surface area contributed by atoms with Crippen molar-refractivity contribution >= 4 is 11.6 Å². The number of anilines is 1. The molecule has 0 aliphatic carbocycles. The molecular weight excluding hydrogens is 252 g/mol. The molecule has 0 aromatic heterocycles. The van der Waals surface area contributed by atoms with E-state index in [0.29, 0.717) is 6.42 Å². The third-order valence-corrected chi connectivity index (χ3v) is 3.87. The Morgan fingerprint density at radius 1 is 1.45 bits per heavy atom. The molecule has 1 aromatic rings. The molecule has 0 saturated carbocycles. The lowest BCUT2D eigenvalue weighted by Gasteiger charge is -2.46. The third kappa shape index (κ3) is 4.05. The lowest BCUT2D eigenvalue weighted by atomic mass is 9.91. The van der Waals surface area contributed by atoms with Gasteiger partial charge in [-0.15, -0.1) is 0 Å². The van der Waals surface area contributed by atoms with E-state index in [1.54, 1.807) is 0 Å². The lowest BCUT2D eigenvalue weighted by Crippen LogP contribution is -2.61. The molecule has 1 saturated heterocycles. The Morgan fingerprint density at radius 2 is 2.20 bits per heavy atom. The van der Waals surface area contributed by atoms with Crippen molar-refractivity contribution in [3.8, 4) is 0 Å². The number of nitrogens with zero attached hydrogens (tertiary/aromatic N) is 1. The lowest BCUT2D eigenvalue weighted by molar-refractivity contribution is -0.117. The number of rotatable bonds is 6. The zero-order chi connectivity index (χ0) is 14.6. The summed E-state index contributed by atoms with van der Waals surface area (Å²) in [6.07, 6.45) is 2.16. The highest BCUT2D eigenvalue weighted by Crippen LogP contribution is 2.24. The molecule has 0 radical (unpaired) electrons. The van der Waals surface area contributed by atoms with Crippen LogP contribution in [0.3, 0.4) is 0 Å². The number of amides is 1. The van der Waals surface area contributed by atoms with Crippen molar-refractivity contribution in [2.24, 2.45) is 0 Å². The van der Waals surface area contributed by atoms with Crippen LogP contribution in [-0.4, -0.2) is 41.1 Å². The topological polar surface area (TPSA) is 52.6 Å². The molecule has 1 amide bonds. The number of likely N-dealkylation sites (tertiary alicyclic amines) is 1. The number of carbonyl (C=O) groups excluding carboxylic acids is 1. The fourth-order valence-electron chi connectivity index (χ4n) is 2.58. The summed E-state index contributed by atoms with van der Waals surface area (Å²) in [5, 5.41) is 12.8. The van der Waals surface area contributed by atoms with E-state index >= 15 is 0 Å². The summed E-state index contributed by atoms with van der Waals surface area (Å²) in [7, 11) is 0. The Labute approximate surface area is 120 Å². The highest BCUT2D eigenvalue weighted by molar-refractivity contribution is 5.90. The number of carbonyl (C=O) groups is 1. The van der Waals surface area contributed by atoms with Gasteiger partial charge < -0.3 is 10.4 Å². The van der Waals surface area contributed by atoms with Crippen LogP contribution in [0.15, 0.2) is 24.3 Å². The van der Waals surface area contributed by atoms with Crippen LogP contribution >= 0.6 is 0 Å². The molecular formula is C16H24N2O2. The van der Waals surface area contributed by atoms with Gasteiger partial charge in [0.25, 0.3) is 0 Å². The molecule has 2 N–H and O–H groups in total. The molecule has 1 aliphatic heterocycles. The number of β-amino-alcohol motifs (C(OH)–C–C–N with tert-alkyl or cyclic N) is 1. The Kier molecular flexibility index (Phi) is 4.78. The van der Waals surface area contributed by atoms with Gasteiger partial charge in [0.2, 0.25) is 5.91 Å². The van der Waals surface area contributed by atoms with Crippen LogP contribution in [0.2, 0.25) is 0 Å². The van der Waals surface area contributed by atoms with Crippen LogP contribution < -0.4 is 5.32 Å². The molecule has 0 atom stereocenters. The smallest absolute Gasteiger partial charge is 0.224 e. The molecule has 4 nitrogen and oxygen atoms in total. The monoisotopic (exact) mass is 276 g/mol. The number of benzene rings is 1. The van der Waals surface area contributed by atoms with Crippen molar-refractivity contribution in [1.82, 2.24) is 4.90 Å². The normalized spacial score (nSPS) is 17.6. The molecule has 20 heavy (non-hydrogen) atoms. The van der Waals surface area contributed by atoms with Gasteiger partial charge in [0.15, 0.2) is 0 Å². The molecule has 1 aliphatic rings. The van der Waals surface area contributed by atoms with Crippen molar-refractivity contribution in [2.45, 2.75) is 38.7 Å². The van der Waals surface area contributed by atoms with Crippen LogP contribution in [-0.2, 0) is 4.79 Å². The zero-order valence-corrected chi connectivity index (χ0v) is 12.4. The molecule has 4 heteroatoms. The number of aliphatic hydroxyl groups is 1. The van der Waals surface area contributed by atoms with Gasteiger partial charge in [-0.1, -0.05) is 19.1 Å². The van der Waals surface area contributed by atoms with Gasteiger partial charge in [0, 0.05) is 25.2 Å². The van der Waals surface area contributed by atoms with Crippen molar-refractivity contribution < 1.29 is 9.90 Å². The minimum Gasteiger partial charge on any atom is -0.387 e. The minimum atomic E-state index is -0.482. The molecule has 0 spiro atoms. The Bertz CT molecular complexity index is 467. The van der Waals surface area contributed by atoms with Gasteiger partial charge in [-0.2, -0.15) is 0 Å². The van der Waals surface area contributed by atoms with Crippen molar-refractivity contribution in [3.05, 3.63) is 29.8 Å². The summed E-state index contributed by atoms with van der Waals surface area (Å²) in [6, 6.07) is 7.82. The van der Waals surface area contributed by atoms with E-state index in [9.17, 15) is 9.90 Å². The van der Waals surface area contributed by atoms with E-state index in [0.717, 1.165) is 43.7 Å². The molecule has 1 aromatic carbocycles. The highest BCUT2D eigenvalue weighted by Gasteiger charge is 2.38. The van der Waals surface area contributed by atoms with Gasteiger partial charge in [-0.05, 0) is 44.0 Å². The second-order valence-corrected chi connectivity index (χ2v) is 5.81. The average molecular weight is 276 g/mol. The quantitative estimate of drug-likeness (QED) is 0.837. The number of hydrogen-bond acceptors (Lipinski definition) is 3. The van der Waals surface area contributed by atoms with Crippen LogP contribution in [0.25, 0.3) is 0 Å². The number of aryl methyl sites for hydroxylation is 1. The molecule has 0 bridgehead atoms. The Hall–Kier alpha value is -1.39. The summed E-state index contributed by atoms with van der Waals surface area (Å²) in [5.41, 5.74) is 1.52. The molecule has 110 valence electrons. The maximum atomic E-state index is 11.8. The van der Waals surface area contributed by atoms with Gasteiger partial charge in [-0.25, -0.2) is 0 Å². The van der Waals surface area contributed by atoms with Crippen LogP contribution in [0.4, 0.5) is 5.69 Å². The minimum absolute atomic E-state index is 0.0573. The van der Waals surface area contributed by atoms with E-state index in [1.165, 1.54) is 0 Å². The SMILES string of the molecule is CCC1(O)CN(CCCC(=O)Nc2cccc(C)c2)C1.